The lowest BCUT2D eigenvalue weighted by atomic mass is 9.77. The standard InChI is InChI=1S/C17H25NO3.C15H18O3.ClH/c1-4-18-9-12-11-6-7-16(3)17(21-16)8-5-10(2)13(17)14(11)20-15(12)19;1-8-4-7-15-11(8)12-10(9(2)13(16)17-12)5-6-14(15,3)18-15;/h5,11-14,18H,4,6-9H2,1-3H3;4,10-12H,2,5-7H2,1,3H3;1H/t11-,12-,13+,14-,16-,17+;10-,11+,12-,14-,15+;/m00./s1. The topological polar surface area (TPSA) is 89.7 Å². The fraction of sp³-hybridized carbons (Fsp3) is 0.750. The average Bonchev–Trinajstić information content (AvgIpc) is 3.39. The lowest BCUT2D eigenvalue weighted by molar-refractivity contribution is -0.146. The first-order valence-electron chi connectivity index (χ1n) is 15.1. The largest absolute Gasteiger partial charge is 0.461 e. The average molecular weight is 574 g/mol. The van der Waals surface area contributed by atoms with Crippen molar-refractivity contribution in [2.24, 2.45) is 29.6 Å². The van der Waals surface area contributed by atoms with E-state index in [1.807, 2.05) is 0 Å². The number of hydrogen-bond donors (Lipinski definition) is 1. The molecule has 0 bridgehead atoms. The number of halogens is 1. The first-order chi connectivity index (χ1) is 18.5. The van der Waals surface area contributed by atoms with Gasteiger partial charge in [-0.25, -0.2) is 4.79 Å². The van der Waals surface area contributed by atoms with E-state index in [1.165, 1.54) is 11.1 Å². The van der Waals surface area contributed by atoms with Crippen molar-refractivity contribution >= 4 is 24.3 Å². The Kier molecular flexibility index (Phi) is 6.52. The maximum atomic E-state index is 12.3. The van der Waals surface area contributed by atoms with E-state index in [1.54, 1.807) is 0 Å². The van der Waals surface area contributed by atoms with Gasteiger partial charge in [-0.15, -0.1) is 12.4 Å². The molecule has 4 saturated heterocycles. The fourth-order valence-electron chi connectivity index (χ4n) is 9.57. The SMILES string of the molecule is C=C1C(=O)O[C@@H]2[C@H]3C(C)=CC[C@@]34O[C@@]4(C)CC[C@@H]12.CCNC[C@@H]1C(=O)O[C@H]2[C@H]1CC[C@]1(C)O[C@@]13CC=C(C)[C@H]23.Cl. The molecule has 4 aliphatic carbocycles. The molecule has 0 aromatic heterocycles. The quantitative estimate of drug-likeness (QED) is 0.224. The molecule has 4 heterocycles. The summed E-state index contributed by atoms with van der Waals surface area (Å²) in [5.74, 6) is 0.835. The maximum Gasteiger partial charge on any atom is 0.334 e. The van der Waals surface area contributed by atoms with Gasteiger partial charge in [-0.1, -0.05) is 36.8 Å². The Morgan fingerprint density at radius 1 is 0.925 bits per heavy atom. The number of ether oxygens (including phenoxy) is 4. The monoisotopic (exact) mass is 573 g/mol. The number of carbonyl (C=O) groups is 2. The summed E-state index contributed by atoms with van der Waals surface area (Å²) in [6.45, 7) is 16.4. The van der Waals surface area contributed by atoms with Crippen LogP contribution in [0.1, 0.15) is 73.1 Å². The van der Waals surface area contributed by atoms with Crippen molar-refractivity contribution in [2.45, 2.75) is 108 Å². The molecule has 0 aromatic rings. The van der Waals surface area contributed by atoms with Crippen LogP contribution in [0.15, 0.2) is 35.5 Å². The van der Waals surface area contributed by atoms with Crippen molar-refractivity contribution in [3.63, 3.8) is 0 Å². The minimum absolute atomic E-state index is 0. The van der Waals surface area contributed by atoms with Crippen molar-refractivity contribution in [3.05, 3.63) is 35.5 Å². The van der Waals surface area contributed by atoms with Gasteiger partial charge in [0.15, 0.2) is 0 Å². The number of carbonyl (C=O) groups excluding carboxylic acids is 2. The Bertz CT molecular complexity index is 1210. The van der Waals surface area contributed by atoms with E-state index in [9.17, 15) is 9.59 Å². The number of fused-ring (bicyclic) bond motifs is 4. The Hall–Kier alpha value is -1.67. The molecule has 220 valence electrons. The first kappa shape index (κ1) is 28.4. The van der Waals surface area contributed by atoms with Gasteiger partial charge in [-0.3, -0.25) is 4.79 Å². The molecular weight excluding hydrogens is 530 g/mol. The Morgan fingerprint density at radius 3 is 2.10 bits per heavy atom. The van der Waals surface area contributed by atoms with E-state index in [0.29, 0.717) is 11.5 Å². The molecule has 1 N–H and O–H groups in total. The first-order valence-corrected chi connectivity index (χ1v) is 15.1. The predicted molar refractivity (Wildman–Crippen MR) is 152 cm³/mol. The van der Waals surface area contributed by atoms with Crippen LogP contribution in [0.4, 0.5) is 0 Å². The zero-order valence-corrected chi connectivity index (χ0v) is 25.2. The van der Waals surface area contributed by atoms with Gasteiger partial charge < -0.3 is 24.3 Å². The van der Waals surface area contributed by atoms with Crippen LogP contribution in [0.5, 0.6) is 0 Å². The number of epoxide rings is 2. The highest BCUT2D eigenvalue weighted by atomic mass is 35.5. The zero-order valence-electron chi connectivity index (χ0n) is 24.4. The summed E-state index contributed by atoms with van der Waals surface area (Å²) in [6.07, 6.45) is 10.5. The van der Waals surface area contributed by atoms with E-state index in [2.05, 4.69) is 58.7 Å². The number of rotatable bonds is 3. The van der Waals surface area contributed by atoms with Gasteiger partial charge in [0.25, 0.3) is 0 Å². The van der Waals surface area contributed by atoms with Crippen molar-refractivity contribution in [1.29, 1.82) is 0 Å². The minimum atomic E-state index is -0.205. The third kappa shape index (κ3) is 3.59. The molecule has 6 fully saturated rings. The fourth-order valence-corrected chi connectivity index (χ4v) is 9.57. The predicted octanol–water partition coefficient (Wildman–Crippen LogP) is 4.84. The molecule has 4 aliphatic heterocycles. The second kappa shape index (κ2) is 9.16. The highest BCUT2D eigenvalue weighted by Crippen LogP contribution is 2.68. The van der Waals surface area contributed by atoms with Crippen LogP contribution in [0.2, 0.25) is 0 Å². The summed E-state index contributed by atoms with van der Waals surface area (Å²) in [5.41, 5.74) is 3.13. The Balaban J connectivity index is 0.000000143. The normalized spacial score (nSPS) is 50.4. The maximum absolute atomic E-state index is 12.3. The second-order valence-electron chi connectivity index (χ2n) is 13.8. The smallest absolute Gasteiger partial charge is 0.334 e. The lowest BCUT2D eigenvalue weighted by Crippen LogP contribution is -2.38. The van der Waals surface area contributed by atoms with Crippen LogP contribution in [0.25, 0.3) is 0 Å². The van der Waals surface area contributed by atoms with Gasteiger partial charge in [0, 0.05) is 35.8 Å². The van der Waals surface area contributed by atoms with E-state index in [0.717, 1.165) is 51.6 Å². The van der Waals surface area contributed by atoms with E-state index >= 15 is 0 Å². The number of esters is 2. The molecule has 8 rings (SSSR count). The van der Waals surface area contributed by atoms with Crippen LogP contribution >= 0.6 is 12.4 Å². The van der Waals surface area contributed by atoms with E-state index in [-0.39, 0.29) is 82.6 Å². The van der Waals surface area contributed by atoms with Crippen molar-refractivity contribution in [3.8, 4) is 0 Å². The number of nitrogens with one attached hydrogen (secondary N) is 1. The Labute approximate surface area is 243 Å². The van der Waals surface area contributed by atoms with Gasteiger partial charge in [0.1, 0.15) is 23.4 Å². The molecule has 0 radical (unpaired) electrons. The van der Waals surface area contributed by atoms with Crippen molar-refractivity contribution < 1.29 is 28.5 Å². The molecule has 2 saturated carbocycles. The van der Waals surface area contributed by atoms with Crippen molar-refractivity contribution in [2.75, 3.05) is 13.1 Å². The summed E-state index contributed by atoms with van der Waals surface area (Å²) < 4.78 is 23.9. The highest BCUT2D eigenvalue weighted by Gasteiger charge is 2.77. The van der Waals surface area contributed by atoms with Crippen LogP contribution in [-0.2, 0) is 28.5 Å². The molecule has 0 unspecified atom stereocenters. The van der Waals surface area contributed by atoms with Gasteiger partial charge in [0.05, 0.1) is 17.1 Å². The molecule has 40 heavy (non-hydrogen) atoms. The summed E-state index contributed by atoms with van der Waals surface area (Å²) in [5, 5.41) is 3.33. The zero-order chi connectivity index (χ0) is 27.5. The van der Waals surface area contributed by atoms with E-state index < -0.39 is 0 Å². The third-order valence-corrected chi connectivity index (χ3v) is 12.0. The summed E-state index contributed by atoms with van der Waals surface area (Å²) in [7, 11) is 0. The molecule has 11 atom stereocenters. The highest BCUT2D eigenvalue weighted by molar-refractivity contribution is 5.91. The summed E-state index contributed by atoms with van der Waals surface area (Å²) >= 11 is 0. The van der Waals surface area contributed by atoms with Gasteiger partial charge in [-0.2, -0.15) is 0 Å². The summed E-state index contributed by atoms with van der Waals surface area (Å²) in [6, 6.07) is 0. The van der Waals surface area contributed by atoms with E-state index in [4.69, 9.17) is 18.9 Å². The van der Waals surface area contributed by atoms with Crippen molar-refractivity contribution in [1.82, 2.24) is 5.32 Å². The number of hydrogen-bond acceptors (Lipinski definition) is 7. The Morgan fingerprint density at radius 2 is 1.50 bits per heavy atom. The second-order valence-corrected chi connectivity index (χ2v) is 13.8. The molecule has 7 nitrogen and oxygen atoms in total. The summed E-state index contributed by atoms with van der Waals surface area (Å²) in [4.78, 5) is 24.1. The molecule has 0 aromatic carbocycles. The van der Waals surface area contributed by atoms with Crippen LogP contribution in [-0.4, -0.2) is 59.6 Å². The van der Waals surface area contributed by atoms with Gasteiger partial charge >= 0.3 is 11.9 Å². The molecule has 0 amide bonds. The molecule has 8 heteroatoms. The minimum Gasteiger partial charge on any atom is -0.461 e. The van der Waals surface area contributed by atoms with Gasteiger partial charge in [0.2, 0.25) is 0 Å². The molecular formula is C32H44ClNO6. The van der Waals surface area contributed by atoms with Crippen LogP contribution < -0.4 is 5.32 Å². The molecule has 2 spiro atoms. The lowest BCUT2D eigenvalue weighted by Gasteiger charge is -2.28. The van der Waals surface area contributed by atoms with Crippen LogP contribution in [0, 0.1) is 29.6 Å². The molecule has 8 aliphatic rings. The third-order valence-electron chi connectivity index (χ3n) is 12.0. The van der Waals surface area contributed by atoms with Crippen LogP contribution in [0.3, 0.4) is 0 Å². The van der Waals surface area contributed by atoms with Gasteiger partial charge in [-0.05, 0) is 72.8 Å².